The van der Waals surface area contributed by atoms with Crippen molar-refractivity contribution in [1.29, 1.82) is 0 Å². The van der Waals surface area contributed by atoms with Crippen LogP contribution < -0.4 is 25.8 Å². The summed E-state index contributed by atoms with van der Waals surface area (Å²) in [5.74, 6) is 0.782. The molecule has 2 heterocycles. The van der Waals surface area contributed by atoms with Crippen molar-refractivity contribution in [2.45, 2.75) is 6.92 Å². The van der Waals surface area contributed by atoms with Gasteiger partial charge in [0.25, 0.3) is 5.91 Å². The number of carbonyl (C=O) groups excluding carboxylic acids is 1. The van der Waals surface area contributed by atoms with E-state index in [2.05, 4.69) is 20.6 Å². The Bertz CT molecular complexity index is 1320. The summed E-state index contributed by atoms with van der Waals surface area (Å²) in [5, 5.41) is 6.47. The minimum absolute atomic E-state index is 0.255. The fraction of sp³-hybridized carbons (Fsp3) is 0.136. The molecule has 4 aromatic rings. The summed E-state index contributed by atoms with van der Waals surface area (Å²) in [6.07, 6.45) is 1.38. The molecular weight excluding hydrogens is 433 g/mol. The Morgan fingerprint density at radius 3 is 2.53 bits per heavy atom. The number of nitrogens with zero attached hydrogens (tertiary/aromatic N) is 2. The molecule has 0 unspecified atom stereocenters. The number of carbonyl (C=O) groups is 1. The SMILES string of the molecule is COc1ccc(NC(=O)c2sc3ncnc(Nc4ccc(F)c(C)c4)c3c2N)cc1OC. The van der Waals surface area contributed by atoms with Crippen LogP contribution in [0.2, 0.25) is 0 Å². The molecule has 164 valence electrons. The number of anilines is 4. The summed E-state index contributed by atoms with van der Waals surface area (Å²) in [4.78, 5) is 22.3. The number of fused-ring (bicyclic) bond motifs is 1. The normalized spacial score (nSPS) is 10.8. The maximum atomic E-state index is 13.6. The predicted octanol–water partition coefficient (Wildman–Crippen LogP) is 4.73. The first kappa shape index (κ1) is 21.3. The van der Waals surface area contributed by atoms with E-state index < -0.39 is 0 Å². The topological polar surface area (TPSA) is 111 Å². The predicted molar refractivity (Wildman–Crippen MR) is 124 cm³/mol. The third-order valence-electron chi connectivity index (χ3n) is 4.79. The molecule has 0 spiro atoms. The molecule has 0 bridgehead atoms. The fourth-order valence-electron chi connectivity index (χ4n) is 3.18. The van der Waals surface area contributed by atoms with Crippen LogP contribution in [0.4, 0.5) is 27.3 Å². The van der Waals surface area contributed by atoms with E-state index in [9.17, 15) is 9.18 Å². The molecule has 8 nitrogen and oxygen atoms in total. The Hall–Kier alpha value is -3.92. The summed E-state index contributed by atoms with van der Waals surface area (Å²) in [7, 11) is 3.05. The van der Waals surface area contributed by atoms with E-state index >= 15 is 0 Å². The lowest BCUT2D eigenvalue weighted by Crippen LogP contribution is -2.12. The highest BCUT2D eigenvalue weighted by molar-refractivity contribution is 7.21. The second kappa shape index (κ2) is 8.67. The highest BCUT2D eigenvalue weighted by Crippen LogP contribution is 2.38. The van der Waals surface area contributed by atoms with Crippen LogP contribution in [-0.4, -0.2) is 30.1 Å². The number of aromatic nitrogens is 2. The Labute approximate surface area is 187 Å². The zero-order valence-electron chi connectivity index (χ0n) is 17.5. The number of methoxy groups -OCH3 is 2. The molecule has 32 heavy (non-hydrogen) atoms. The number of rotatable bonds is 6. The van der Waals surface area contributed by atoms with E-state index in [1.807, 2.05) is 0 Å². The van der Waals surface area contributed by atoms with Gasteiger partial charge in [-0.2, -0.15) is 0 Å². The van der Waals surface area contributed by atoms with Crippen LogP contribution >= 0.6 is 11.3 Å². The number of nitrogens with one attached hydrogen (secondary N) is 2. The zero-order valence-corrected chi connectivity index (χ0v) is 18.3. The molecule has 2 aromatic carbocycles. The van der Waals surface area contributed by atoms with E-state index in [1.165, 1.54) is 26.6 Å². The molecule has 0 aliphatic heterocycles. The second-order valence-electron chi connectivity index (χ2n) is 6.86. The van der Waals surface area contributed by atoms with Gasteiger partial charge in [0.05, 0.1) is 25.3 Å². The van der Waals surface area contributed by atoms with Crippen LogP contribution in [0.5, 0.6) is 11.5 Å². The van der Waals surface area contributed by atoms with Crippen molar-refractivity contribution in [2.24, 2.45) is 0 Å². The van der Waals surface area contributed by atoms with E-state index in [-0.39, 0.29) is 17.4 Å². The van der Waals surface area contributed by atoms with Crippen molar-refractivity contribution in [3.63, 3.8) is 0 Å². The van der Waals surface area contributed by atoms with E-state index in [0.717, 1.165) is 11.3 Å². The first-order valence-electron chi connectivity index (χ1n) is 9.50. The van der Waals surface area contributed by atoms with Crippen molar-refractivity contribution >= 4 is 50.3 Å². The van der Waals surface area contributed by atoms with Gasteiger partial charge < -0.3 is 25.8 Å². The number of hydrogen-bond donors (Lipinski definition) is 3. The average molecular weight is 453 g/mol. The summed E-state index contributed by atoms with van der Waals surface area (Å²) < 4.78 is 24.1. The molecule has 4 N–H and O–H groups in total. The van der Waals surface area contributed by atoms with E-state index in [1.54, 1.807) is 37.3 Å². The van der Waals surface area contributed by atoms with Crippen molar-refractivity contribution < 1.29 is 18.7 Å². The summed E-state index contributed by atoms with van der Waals surface area (Å²) in [5.41, 5.74) is 8.25. The molecule has 10 heteroatoms. The molecule has 0 aliphatic carbocycles. The number of nitrogen functional groups attached to an aromatic ring is 1. The van der Waals surface area contributed by atoms with Crippen molar-refractivity contribution in [3.05, 3.63) is 59.0 Å². The molecule has 4 rings (SSSR count). The Morgan fingerprint density at radius 2 is 1.81 bits per heavy atom. The summed E-state index contributed by atoms with van der Waals surface area (Å²) >= 11 is 1.16. The maximum absolute atomic E-state index is 13.6. The van der Waals surface area contributed by atoms with Crippen LogP contribution in [-0.2, 0) is 0 Å². The van der Waals surface area contributed by atoms with Gasteiger partial charge in [0, 0.05) is 17.4 Å². The highest BCUT2D eigenvalue weighted by Gasteiger charge is 2.21. The van der Waals surface area contributed by atoms with Gasteiger partial charge in [0.2, 0.25) is 0 Å². The monoisotopic (exact) mass is 453 g/mol. The van der Waals surface area contributed by atoms with Gasteiger partial charge in [-0.25, -0.2) is 14.4 Å². The number of benzene rings is 2. The van der Waals surface area contributed by atoms with E-state index in [0.29, 0.717) is 49.3 Å². The lowest BCUT2D eigenvalue weighted by Gasteiger charge is -2.10. The second-order valence-corrected chi connectivity index (χ2v) is 7.86. The Morgan fingerprint density at radius 1 is 1.06 bits per heavy atom. The summed E-state index contributed by atoms with van der Waals surface area (Å²) in [6, 6.07) is 9.69. The molecule has 0 fully saturated rings. The standard InChI is InChI=1S/C22H20FN5O3S/c1-11-8-12(4-6-14(11)23)27-20-17-18(24)19(32-22(17)26-10-25-20)21(29)28-13-5-7-15(30-2)16(9-13)31-3/h4-10H,24H2,1-3H3,(H,28,29)(H,25,26,27). The van der Waals surface area contributed by atoms with Gasteiger partial charge in [-0.15, -0.1) is 11.3 Å². The minimum Gasteiger partial charge on any atom is -0.493 e. The van der Waals surface area contributed by atoms with Crippen LogP contribution in [0.15, 0.2) is 42.7 Å². The molecule has 0 saturated heterocycles. The maximum Gasteiger partial charge on any atom is 0.267 e. The van der Waals surface area contributed by atoms with Gasteiger partial charge in [-0.3, -0.25) is 4.79 Å². The summed E-state index contributed by atoms with van der Waals surface area (Å²) in [6.45, 7) is 1.67. The van der Waals surface area contributed by atoms with Gasteiger partial charge in [0.15, 0.2) is 11.5 Å². The fourth-order valence-corrected chi connectivity index (χ4v) is 4.14. The number of amides is 1. The smallest absolute Gasteiger partial charge is 0.267 e. The molecular formula is C22H20FN5O3S. The van der Waals surface area contributed by atoms with Gasteiger partial charge in [-0.05, 0) is 42.8 Å². The molecule has 1 amide bonds. The molecule has 2 aromatic heterocycles. The van der Waals surface area contributed by atoms with Crippen LogP contribution in [0.1, 0.15) is 15.2 Å². The highest BCUT2D eigenvalue weighted by atomic mass is 32.1. The van der Waals surface area contributed by atoms with Gasteiger partial charge in [-0.1, -0.05) is 0 Å². The molecule has 0 radical (unpaired) electrons. The van der Waals surface area contributed by atoms with Crippen LogP contribution in [0, 0.1) is 12.7 Å². The number of nitrogens with two attached hydrogens (primary N) is 1. The molecule has 0 atom stereocenters. The van der Waals surface area contributed by atoms with Crippen LogP contribution in [0.25, 0.3) is 10.2 Å². The first-order chi connectivity index (χ1) is 15.4. The first-order valence-corrected chi connectivity index (χ1v) is 10.3. The van der Waals surface area contributed by atoms with Crippen molar-refractivity contribution in [3.8, 4) is 11.5 Å². The third-order valence-corrected chi connectivity index (χ3v) is 5.91. The van der Waals surface area contributed by atoms with E-state index in [4.69, 9.17) is 15.2 Å². The number of hydrogen-bond acceptors (Lipinski definition) is 8. The largest absolute Gasteiger partial charge is 0.493 e. The number of ether oxygens (including phenoxy) is 2. The lowest BCUT2D eigenvalue weighted by molar-refractivity contribution is 0.103. The number of aryl methyl sites for hydroxylation is 1. The molecule has 0 saturated carbocycles. The van der Waals surface area contributed by atoms with Crippen molar-refractivity contribution in [1.82, 2.24) is 9.97 Å². The number of thiophene rings is 1. The van der Waals surface area contributed by atoms with Crippen LogP contribution in [0.3, 0.4) is 0 Å². The average Bonchev–Trinajstić information content (AvgIpc) is 3.13. The Kier molecular flexibility index (Phi) is 5.78. The van der Waals surface area contributed by atoms with Gasteiger partial charge in [0.1, 0.15) is 27.7 Å². The lowest BCUT2D eigenvalue weighted by atomic mass is 10.2. The Balaban J connectivity index is 1.65. The zero-order chi connectivity index (χ0) is 22.8. The third kappa shape index (κ3) is 4.00. The minimum atomic E-state index is -0.388. The number of halogens is 1. The van der Waals surface area contributed by atoms with Crippen molar-refractivity contribution in [2.75, 3.05) is 30.6 Å². The quantitative estimate of drug-likeness (QED) is 0.387. The van der Waals surface area contributed by atoms with Gasteiger partial charge >= 0.3 is 0 Å². The molecule has 0 aliphatic rings.